The first-order chi connectivity index (χ1) is 21.3. The van der Waals surface area contributed by atoms with Crippen molar-refractivity contribution in [1.82, 2.24) is 25.2 Å². The minimum Gasteiger partial charge on any atom is -0.508 e. The van der Waals surface area contributed by atoms with E-state index in [1.54, 1.807) is 24.4 Å². The van der Waals surface area contributed by atoms with Gasteiger partial charge in [-0.05, 0) is 42.8 Å². The van der Waals surface area contributed by atoms with Crippen LogP contribution in [0.4, 0.5) is 14.6 Å². The number of aromatic nitrogens is 3. The van der Waals surface area contributed by atoms with Gasteiger partial charge in [0.15, 0.2) is 5.82 Å². The SMILES string of the molecule is C#Cc1cccc2cc(O)cc(-c3ncc4c(N5CC6CCC(C5)N6)nc(OCC56CC(=C)CN5C[C@H](F)C6)nc4c3F)c12. The molecule has 2 aromatic carbocycles. The van der Waals surface area contributed by atoms with Gasteiger partial charge in [-0.3, -0.25) is 9.88 Å². The van der Waals surface area contributed by atoms with Crippen molar-refractivity contribution in [3.8, 4) is 35.4 Å². The summed E-state index contributed by atoms with van der Waals surface area (Å²) in [7, 11) is 0. The number of piperazine rings is 1. The number of alkyl halides is 1. The van der Waals surface area contributed by atoms with E-state index >= 15 is 4.39 Å². The molecule has 2 aromatic heterocycles. The number of fused-ring (bicyclic) bond motifs is 5. The van der Waals surface area contributed by atoms with Crippen LogP contribution in [0.3, 0.4) is 0 Å². The van der Waals surface area contributed by atoms with Crippen molar-refractivity contribution in [2.45, 2.75) is 49.5 Å². The van der Waals surface area contributed by atoms with Crippen LogP contribution in [0, 0.1) is 18.2 Å². The molecule has 44 heavy (non-hydrogen) atoms. The first-order valence-electron chi connectivity index (χ1n) is 15.1. The second-order valence-electron chi connectivity index (χ2n) is 12.7. The molecular weight excluding hydrogens is 562 g/mol. The topological polar surface area (TPSA) is 86.6 Å². The van der Waals surface area contributed by atoms with Crippen molar-refractivity contribution in [2.24, 2.45) is 0 Å². The first-order valence-corrected chi connectivity index (χ1v) is 15.1. The Labute approximate surface area is 253 Å². The maximum atomic E-state index is 16.8. The third-order valence-electron chi connectivity index (χ3n) is 9.69. The quantitative estimate of drug-likeness (QED) is 0.253. The molecule has 4 atom stereocenters. The Kier molecular flexibility index (Phi) is 6.26. The van der Waals surface area contributed by atoms with E-state index in [1.807, 2.05) is 6.07 Å². The fourth-order valence-electron chi connectivity index (χ4n) is 7.85. The van der Waals surface area contributed by atoms with E-state index in [0.717, 1.165) is 31.5 Å². The van der Waals surface area contributed by atoms with Crippen LogP contribution < -0.4 is 15.0 Å². The summed E-state index contributed by atoms with van der Waals surface area (Å²) in [6.07, 6.45) is 9.59. The average Bonchev–Trinajstić information content (AvgIpc) is 3.61. The van der Waals surface area contributed by atoms with Gasteiger partial charge in [0.2, 0.25) is 0 Å². The second-order valence-corrected chi connectivity index (χ2v) is 12.7. The number of phenolic OH excluding ortho intramolecular Hbond substituents is 1. The van der Waals surface area contributed by atoms with Crippen molar-refractivity contribution in [2.75, 3.05) is 37.7 Å². The van der Waals surface area contributed by atoms with Gasteiger partial charge in [-0.1, -0.05) is 30.2 Å². The Balaban J connectivity index is 1.26. The zero-order chi connectivity index (χ0) is 30.2. The number of halogens is 2. The van der Waals surface area contributed by atoms with Crippen LogP contribution in [0.15, 0.2) is 48.7 Å². The lowest BCUT2D eigenvalue weighted by Crippen LogP contribution is -2.51. The molecule has 8 rings (SSSR count). The van der Waals surface area contributed by atoms with Gasteiger partial charge in [0, 0.05) is 67.4 Å². The number of hydrogen-bond acceptors (Lipinski definition) is 8. The van der Waals surface area contributed by atoms with E-state index in [-0.39, 0.29) is 29.6 Å². The third-order valence-corrected chi connectivity index (χ3v) is 9.69. The maximum absolute atomic E-state index is 16.8. The summed E-state index contributed by atoms with van der Waals surface area (Å²) < 4.78 is 37.5. The lowest BCUT2D eigenvalue weighted by atomic mass is 9.93. The highest BCUT2D eigenvalue weighted by Crippen LogP contribution is 2.43. The molecule has 10 heteroatoms. The number of terminal acetylenes is 1. The lowest BCUT2D eigenvalue weighted by Gasteiger charge is -2.34. The molecule has 224 valence electrons. The fraction of sp³-hybridized carbons (Fsp3) is 0.382. The number of hydrogen-bond donors (Lipinski definition) is 2. The number of rotatable bonds is 5. The standard InChI is InChI=1S/C34H32F2N6O2/c1-3-20-5-4-6-21-9-25(43)10-26(28(20)21)30-29(36)31-27(13-37-30)32(41-16-23-7-8-24(17-41)38-23)40-33(39-31)44-18-34-11-19(2)14-42(34)15-22(35)12-34/h1,4-6,9-10,13,22-24,38,43H,2,7-8,11-12,14-18H2/t22-,23?,24?,34?/m1/s1. The molecule has 6 heterocycles. The summed E-state index contributed by atoms with van der Waals surface area (Å²) in [5, 5.41) is 15.9. The smallest absolute Gasteiger partial charge is 0.319 e. The molecule has 0 saturated carbocycles. The van der Waals surface area contributed by atoms with Gasteiger partial charge in [0.25, 0.3) is 0 Å². The number of anilines is 1. The van der Waals surface area contributed by atoms with Crippen LogP contribution in [0.5, 0.6) is 11.8 Å². The van der Waals surface area contributed by atoms with Crippen molar-refractivity contribution in [3.63, 3.8) is 0 Å². The van der Waals surface area contributed by atoms with Crippen molar-refractivity contribution >= 4 is 27.5 Å². The number of phenols is 1. The molecular formula is C34H32F2N6O2. The van der Waals surface area contributed by atoms with Crippen LogP contribution in [-0.2, 0) is 0 Å². The molecule has 0 spiro atoms. The van der Waals surface area contributed by atoms with E-state index in [1.165, 1.54) is 6.07 Å². The molecule has 0 aliphatic carbocycles. The van der Waals surface area contributed by atoms with Gasteiger partial charge in [0.1, 0.15) is 35.6 Å². The third kappa shape index (κ3) is 4.37. The number of nitrogens with zero attached hydrogens (tertiary/aromatic N) is 5. The number of benzene rings is 2. The first kappa shape index (κ1) is 27.2. The predicted octanol–water partition coefficient (Wildman–Crippen LogP) is 4.73. The van der Waals surface area contributed by atoms with Crippen molar-refractivity contribution in [3.05, 3.63) is 60.1 Å². The molecule has 4 saturated heterocycles. The summed E-state index contributed by atoms with van der Waals surface area (Å²) in [5.41, 5.74) is 1.54. The largest absolute Gasteiger partial charge is 0.508 e. The minimum atomic E-state index is -0.938. The normalized spacial score (nSPS) is 26.4. The molecule has 0 amide bonds. The molecule has 8 nitrogen and oxygen atoms in total. The van der Waals surface area contributed by atoms with Crippen LogP contribution in [0.25, 0.3) is 32.9 Å². The van der Waals surface area contributed by atoms with Crippen molar-refractivity contribution in [1.29, 1.82) is 0 Å². The second kappa shape index (κ2) is 10.1. The Morgan fingerprint density at radius 1 is 1.18 bits per heavy atom. The highest BCUT2D eigenvalue weighted by atomic mass is 19.1. The molecule has 4 fully saturated rings. The molecule has 2 N–H and O–H groups in total. The molecule has 4 aliphatic rings. The highest BCUT2D eigenvalue weighted by Gasteiger charge is 2.50. The molecule has 3 unspecified atom stereocenters. The van der Waals surface area contributed by atoms with Gasteiger partial charge in [-0.15, -0.1) is 6.42 Å². The van der Waals surface area contributed by atoms with Crippen LogP contribution in [0.1, 0.15) is 31.2 Å². The van der Waals surface area contributed by atoms with Gasteiger partial charge >= 0.3 is 6.01 Å². The Morgan fingerprint density at radius 3 is 2.80 bits per heavy atom. The lowest BCUT2D eigenvalue weighted by molar-refractivity contribution is 0.107. The highest BCUT2D eigenvalue weighted by molar-refractivity contribution is 6.02. The fourth-order valence-corrected chi connectivity index (χ4v) is 7.85. The van der Waals surface area contributed by atoms with Crippen LogP contribution in [-0.4, -0.2) is 81.5 Å². The molecule has 4 aromatic rings. The molecule has 4 aliphatic heterocycles. The summed E-state index contributed by atoms with van der Waals surface area (Å²) >= 11 is 0. The van der Waals surface area contributed by atoms with E-state index in [0.29, 0.717) is 71.1 Å². The zero-order valence-electron chi connectivity index (χ0n) is 24.2. The summed E-state index contributed by atoms with van der Waals surface area (Å²) in [6, 6.07) is 9.12. The van der Waals surface area contributed by atoms with Crippen molar-refractivity contribution < 1.29 is 18.6 Å². The summed E-state index contributed by atoms with van der Waals surface area (Å²) in [6.45, 7) is 6.73. The molecule has 2 bridgehead atoms. The van der Waals surface area contributed by atoms with E-state index in [4.69, 9.17) is 16.1 Å². The summed E-state index contributed by atoms with van der Waals surface area (Å²) in [5.74, 6) is 2.54. The summed E-state index contributed by atoms with van der Waals surface area (Å²) in [4.78, 5) is 18.2. The van der Waals surface area contributed by atoms with Gasteiger partial charge in [-0.25, -0.2) is 8.78 Å². The number of pyridine rings is 1. The minimum absolute atomic E-state index is 0.0185. The van der Waals surface area contributed by atoms with E-state index in [2.05, 4.69) is 37.6 Å². The van der Waals surface area contributed by atoms with Gasteiger partial charge in [0.05, 0.1) is 10.9 Å². The van der Waals surface area contributed by atoms with Gasteiger partial charge in [-0.2, -0.15) is 9.97 Å². The van der Waals surface area contributed by atoms with Crippen LogP contribution in [0.2, 0.25) is 0 Å². The van der Waals surface area contributed by atoms with E-state index in [9.17, 15) is 9.50 Å². The monoisotopic (exact) mass is 594 g/mol. The average molecular weight is 595 g/mol. The number of nitrogens with one attached hydrogen (secondary N) is 1. The van der Waals surface area contributed by atoms with E-state index < -0.39 is 17.5 Å². The Hall–Kier alpha value is -4.33. The Bertz CT molecular complexity index is 1880. The zero-order valence-corrected chi connectivity index (χ0v) is 24.2. The van der Waals surface area contributed by atoms with Crippen LogP contribution >= 0.6 is 0 Å². The molecule has 0 radical (unpaired) electrons. The van der Waals surface area contributed by atoms with Gasteiger partial charge < -0.3 is 20.1 Å². The number of ether oxygens (including phenoxy) is 1. The Morgan fingerprint density at radius 2 is 2.00 bits per heavy atom. The predicted molar refractivity (Wildman–Crippen MR) is 165 cm³/mol. The number of aromatic hydroxyl groups is 1. The maximum Gasteiger partial charge on any atom is 0.319 e.